The molecule has 1 amide bonds. The lowest BCUT2D eigenvalue weighted by Crippen LogP contribution is -2.26. The van der Waals surface area contributed by atoms with E-state index in [1.807, 2.05) is 11.3 Å². The summed E-state index contributed by atoms with van der Waals surface area (Å²) in [5, 5.41) is 4.08. The van der Waals surface area contributed by atoms with Gasteiger partial charge in [-0.1, -0.05) is 0 Å². The molecule has 1 N–H and O–H groups in total. The number of rotatable bonds is 5. The summed E-state index contributed by atoms with van der Waals surface area (Å²) >= 11 is 1.82. The Morgan fingerprint density at radius 3 is 3.10 bits per heavy atom. The second-order valence-electron chi connectivity index (χ2n) is 5.49. The van der Waals surface area contributed by atoms with E-state index in [1.54, 1.807) is 13.3 Å². The van der Waals surface area contributed by atoms with Gasteiger partial charge < -0.3 is 10.2 Å². The fourth-order valence-electron chi connectivity index (χ4n) is 2.89. The SMILES string of the molecule is CC(=O)NCCCN(C)c1ncnc2sc3c(c12)CCC3. The molecule has 0 radical (unpaired) electrons. The van der Waals surface area contributed by atoms with Gasteiger partial charge in [0.05, 0.1) is 5.39 Å². The van der Waals surface area contributed by atoms with Crippen LogP contribution in [0.1, 0.15) is 30.2 Å². The minimum Gasteiger partial charge on any atom is -0.359 e. The summed E-state index contributed by atoms with van der Waals surface area (Å²) in [6.45, 7) is 3.12. The maximum Gasteiger partial charge on any atom is 0.216 e. The van der Waals surface area contributed by atoms with E-state index < -0.39 is 0 Å². The molecule has 21 heavy (non-hydrogen) atoms. The zero-order valence-corrected chi connectivity index (χ0v) is 13.3. The molecule has 1 aliphatic carbocycles. The van der Waals surface area contributed by atoms with Crippen molar-refractivity contribution in [3.8, 4) is 0 Å². The van der Waals surface area contributed by atoms with E-state index in [0.717, 1.165) is 30.0 Å². The third-order valence-electron chi connectivity index (χ3n) is 3.89. The number of carbonyl (C=O) groups excluding carboxylic acids is 1. The Hall–Kier alpha value is -1.69. The number of amides is 1. The highest BCUT2D eigenvalue weighted by Gasteiger charge is 2.22. The van der Waals surface area contributed by atoms with Crippen molar-refractivity contribution in [2.75, 3.05) is 25.0 Å². The van der Waals surface area contributed by atoms with Crippen LogP contribution in [0.4, 0.5) is 5.82 Å². The summed E-state index contributed by atoms with van der Waals surface area (Å²) in [6.07, 6.45) is 6.15. The maximum atomic E-state index is 10.9. The lowest BCUT2D eigenvalue weighted by Gasteiger charge is -2.19. The van der Waals surface area contributed by atoms with Gasteiger partial charge in [0, 0.05) is 31.9 Å². The first-order valence-corrected chi connectivity index (χ1v) is 8.19. The van der Waals surface area contributed by atoms with Gasteiger partial charge in [0.25, 0.3) is 0 Å². The number of fused-ring (bicyclic) bond motifs is 3. The zero-order chi connectivity index (χ0) is 14.8. The summed E-state index contributed by atoms with van der Waals surface area (Å²) in [6, 6.07) is 0. The van der Waals surface area contributed by atoms with Gasteiger partial charge in [0.2, 0.25) is 5.91 Å². The first kappa shape index (κ1) is 14.3. The maximum absolute atomic E-state index is 10.9. The van der Waals surface area contributed by atoms with Gasteiger partial charge in [-0.05, 0) is 31.2 Å². The lowest BCUT2D eigenvalue weighted by atomic mass is 10.2. The van der Waals surface area contributed by atoms with Gasteiger partial charge in [-0.2, -0.15) is 0 Å². The Kier molecular flexibility index (Phi) is 4.05. The molecule has 0 fully saturated rings. The molecule has 2 aromatic rings. The van der Waals surface area contributed by atoms with Gasteiger partial charge in [0.1, 0.15) is 17.0 Å². The minimum absolute atomic E-state index is 0.0257. The number of anilines is 1. The van der Waals surface area contributed by atoms with Gasteiger partial charge in [0.15, 0.2) is 0 Å². The van der Waals surface area contributed by atoms with Crippen molar-refractivity contribution in [1.29, 1.82) is 0 Å². The molecule has 2 aromatic heterocycles. The smallest absolute Gasteiger partial charge is 0.216 e. The topological polar surface area (TPSA) is 58.1 Å². The van der Waals surface area contributed by atoms with Crippen molar-refractivity contribution in [2.45, 2.75) is 32.6 Å². The van der Waals surface area contributed by atoms with Crippen molar-refractivity contribution in [2.24, 2.45) is 0 Å². The third kappa shape index (κ3) is 2.85. The van der Waals surface area contributed by atoms with Crippen LogP contribution < -0.4 is 10.2 Å². The van der Waals surface area contributed by atoms with Gasteiger partial charge in [-0.15, -0.1) is 11.3 Å². The Morgan fingerprint density at radius 1 is 1.43 bits per heavy atom. The number of nitrogens with zero attached hydrogens (tertiary/aromatic N) is 3. The highest BCUT2D eigenvalue weighted by molar-refractivity contribution is 7.19. The molecule has 2 heterocycles. The summed E-state index contributed by atoms with van der Waals surface area (Å²) < 4.78 is 0. The Balaban J connectivity index is 1.78. The number of hydrogen-bond acceptors (Lipinski definition) is 5. The quantitative estimate of drug-likeness (QED) is 0.860. The summed E-state index contributed by atoms with van der Waals surface area (Å²) in [5.74, 6) is 1.06. The zero-order valence-electron chi connectivity index (χ0n) is 12.5. The van der Waals surface area contributed by atoms with Crippen LogP contribution in [0.2, 0.25) is 0 Å². The fourth-order valence-corrected chi connectivity index (χ4v) is 4.11. The van der Waals surface area contributed by atoms with E-state index in [1.165, 1.54) is 28.7 Å². The number of hydrogen-bond donors (Lipinski definition) is 1. The molecule has 0 spiro atoms. The number of aryl methyl sites for hydroxylation is 2. The molecule has 112 valence electrons. The van der Waals surface area contributed by atoms with Crippen molar-refractivity contribution in [3.63, 3.8) is 0 Å². The van der Waals surface area contributed by atoms with Crippen molar-refractivity contribution >= 4 is 33.3 Å². The van der Waals surface area contributed by atoms with E-state index in [-0.39, 0.29) is 5.91 Å². The van der Waals surface area contributed by atoms with Crippen LogP contribution in [-0.2, 0) is 17.6 Å². The molecule has 0 saturated carbocycles. The monoisotopic (exact) mass is 304 g/mol. The molecule has 5 nitrogen and oxygen atoms in total. The summed E-state index contributed by atoms with van der Waals surface area (Å²) in [4.78, 5) is 24.6. The minimum atomic E-state index is 0.0257. The van der Waals surface area contributed by atoms with E-state index in [9.17, 15) is 4.79 Å². The van der Waals surface area contributed by atoms with Crippen LogP contribution >= 0.6 is 11.3 Å². The van der Waals surface area contributed by atoms with Crippen LogP contribution in [0.5, 0.6) is 0 Å². The predicted octanol–water partition coefficient (Wildman–Crippen LogP) is 2.14. The fraction of sp³-hybridized carbons (Fsp3) is 0.533. The molecule has 0 aromatic carbocycles. The molecule has 0 unspecified atom stereocenters. The molecular weight excluding hydrogens is 284 g/mol. The molecule has 0 atom stereocenters. The van der Waals surface area contributed by atoms with Crippen LogP contribution in [0, 0.1) is 0 Å². The highest BCUT2D eigenvalue weighted by Crippen LogP contribution is 2.39. The van der Waals surface area contributed by atoms with Gasteiger partial charge in [-0.25, -0.2) is 9.97 Å². The van der Waals surface area contributed by atoms with Crippen LogP contribution in [-0.4, -0.2) is 36.0 Å². The molecular formula is C15H20N4OS. The molecule has 0 bridgehead atoms. The first-order chi connectivity index (χ1) is 10.2. The highest BCUT2D eigenvalue weighted by atomic mass is 32.1. The van der Waals surface area contributed by atoms with Gasteiger partial charge >= 0.3 is 0 Å². The van der Waals surface area contributed by atoms with E-state index in [4.69, 9.17) is 0 Å². The standard InChI is InChI=1S/C15H20N4OS/c1-10(20)16-7-4-8-19(2)14-13-11-5-3-6-12(11)21-15(13)18-9-17-14/h9H,3-8H2,1-2H3,(H,16,20). The van der Waals surface area contributed by atoms with Crippen LogP contribution in [0.3, 0.4) is 0 Å². The average molecular weight is 304 g/mol. The van der Waals surface area contributed by atoms with E-state index in [0.29, 0.717) is 6.54 Å². The molecule has 3 rings (SSSR count). The second-order valence-corrected chi connectivity index (χ2v) is 6.58. The van der Waals surface area contributed by atoms with Gasteiger partial charge in [-0.3, -0.25) is 4.79 Å². The largest absolute Gasteiger partial charge is 0.359 e. The normalized spacial score (nSPS) is 13.4. The molecule has 1 aliphatic rings. The molecule has 0 saturated heterocycles. The number of aromatic nitrogens is 2. The average Bonchev–Trinajstić information content (AvgIpc) is 3.02. The van der Waals surface area contributed by atoms with Crippen molar-refractivity contribution in [3.05, 3.63) is 16.8 Å². The van der Waals surface area contributed by atoms with Crippen molar-refractivity contribution < 1.29 is 4.79 Å². The lowest BCUT2D eigenvalue weighted by molar-refractivity contribution is -0.118. The Morgan fingerprint density at radius 2 is 2.29 bits per heavy atom. The van der Waals surface area contributed by atoms with E-state index >= 15 is 0 Å². The van der Waals surface area contributed by atoms with Crippen molar-refractivity contribution in [1.82, 2.24) is 15.3 Å². The van der Waals surface area contributed by atoms with E-state index in [2.05, 4.69) is 27.2 Å². The molecule has 0 aliphatic heterocycles. The third-order valence-corrected chi connectivity index (χ3v) is 5.09. The Labute approximate surface area is 128 Å². The summed E-state index contributed by atoms with van der Waals surface area (Å²) in [5.41, 5.74) is 1.46. The van der Waals surface area contributed by atoms with Crippen LogP contribution in [0.25, 0.3) is 10.2 Å². The van der Waals surface area contributed by atoms with Crippen LogP contribution in [0.15, 0.2) is 6.33 Å². The number of carbonyl (C=O) groups is 1. The molecule has 6 heteroatoms. The Bertz CT molecular complexity index is 667. The second kappa shape index (κ2) is 5.97. The predicted molar refractivity (Wildman–Crippen MR) is 86.0 cm³/mol. The number of nitrogens with one attached hydrogen (secondary N) is 1. The first-order valence-electron chi connectivity index (χ1n) is 7.37. The number of thiophene rings is 1. The summed E-state index contributed by atoms with van der Waals surface area (Å²) in [7, 11) is 2.06.